The molecule has 1 aliphatic rings. The molecule has 0 spiro atoms. The summed E-state index contributed by atoms with van der Waals surface area (Å²) < 4.78 is 1.66. The summed E-state index contributed by atoms with van der Waals surface area (Å²) in [6.45, 7) is 0.484. The largest absolute Gasteiger partial charge is 0.493 e. The molecule has 3 aromatic heterocycles. The van der Waals surface area contributed by atoms with E-state index in [-0.39, 0.29) is 11.6 Å². The lowest BCUT2D eigenvalue weighted by molar-refractivity contribution is 0.454. The molecular formula is C20H20N8O2. The van der Waals surface area contributed by atoms with Gasteiger partial charge in [0.15, 0.2) is 11.1 Å². The van der Waals surface area contributed by atoms with Gasteiger partial charge in [0.2, 0.25) is 5.88 Å². The number of hydrogen-bond donors (Lipinski definition) is 5. The van der Waals surface area contributed by atoms with E-state index in [0.29, 0.717) is 34.8 Å². The Bertz CT molecular complexity index is 1390. The lowest BCUT2D eigenvalue weighted by atomic mass is 10.2. The van der Waals surface area contributed by atoms with Gasteiger partial charge in [-0.25, -0.2) is 9.78 Å². The molecule has 1 saturated carbocycles. The molecule has 3 heterocycles. The number of nitrogens with one attached hydrogen (secondary N) is 3. The Balaban J connectivity index is 1.64. The number of aromatic nitrogens is 5. The number of imidazole rings is 1. The monoisotopic (exact) mass is 404 g/mol. The molecule has 152 valence electrons. The molecule has 4 aromatic rings. The van der Waals surface area contributed by atoms with Crippen molar-refractivity contribution in [3.8, 4) is 5.88 Å². The van der Waals surface area contributed by atoms with E-state index in [1.54, 1.807) is 16.8 Å². The van der Waals surface area contributed by atoms with Crippen LogP contribution in [0.2, 0.25) is 0 Å². The second kappa shape index (κ2) is 7.16. The van der Waals surface area contributed by atoms with E-state index in [1.807, 2.05) is 30.3 Å². The second-order valence-electron chi connectivity index (χ2n) is 7.21. The van der Waals surface area contributed by atoms with Gasteiger partial charge >= 0.3 is 5.69 Å². The van der Waals surface area contributed by atoms with Gasteiger partial charge in [-0.15, -0.1) is 0 Å². The van der Waals surface area contributed by atoms with Crippen LogP contribution in [0.15, 0.2) is 46.3 Å². The molecule has 0 aliphatic heterocycles. The highest BCUT2D eigenvalue weighted by atomic mass is 16.3. The van der Waals surface area contributed by atoms with Crippen LogP contribution in [0.4, 0.5) is 11.5 Å². The third-order valence-electron chi connectivity index (χ3n) is 4.84. The first kappa shape index (κ1) is 18.1. The Hall–Kier alpha value is -3.92. The molecule has 10 nitrogen and oxygen atoms in total. The highest BCUT2D eigenvalue weighted by Gasteiger charge is 2.20. The zero-order valence-electron chi connectivity index (χ0n) is 16.0. The number of nitrogens with zero attached hydrogens (tertiary/aromatic N) is 4. The number of fused-ring (bicyclic) bond motifs is 1. The fourth-order valence-corrected chi connectivity index (χ4v) is 3.13. The minimum atomic E-state index is -0.490. The quantitative estimate of drug-likeness (QED) is 0.322. The minimum absolute atomic E-state index is 0.239. The van der Waals surface area contributed by atoms with Crippen LogP contribution in [0.3, 0.4) is 0 Å². The van der Waals surface area contributed by atoms with Gasteiger partial charge in [-0.05, 0) is 36.6 Å². The first-order valence-corrected chi connectivity index (χ1v) is 9.61. The minimum Gasteiger partial charge on any atom is -0.493 e. The zero-order valence-corrected chi connectivity index (χ0v) is 16.0. The Labute approximate surface area is 169 Å². The maximum absolute atomic E-state index is 11.4. The lowest BCUT2D eigenvalue weighted by Crippen LogP contribution is -2.19. The number of rotatable bonds is 5. The molecule has 0 unspecified atom stereocenters. The van der Waals surface area contributed by atoms with Crippen molar-refractivity contribution >= 4 is 23.2 Å². The SMILES string of the molecule is NCc1ccc(Nc2cc(=NC3CC3)n3nc/c(=C/c4[nH]c(=O)[nH]c4O)c3n2)cc1. The van der Waals surface area contributed by atoms with Crippen LogP contribution in [-0.4, -0.2) is 35.7 Å². The van der Waals surface area contributed by atoms with E-state index in [2.05, 4.69) is 25.4 Å². The average molecular weight is 404 g/mol. The molecule has 0 atom stereocenters. The van der Waals surface area contributed by atoms with Gasteiger partial charge in [-0.2, -0.15) is 9.61 Å². The predicted molar refractivity (Wildman–Crippen MR) is 111 cm³/mol. The molecule has 0 saturated heterocycles. The van der Waals surface area contributed by atoms with E-state index in [9.17, 15) is 9.90 Å². The van der Waals surface area contributed by atoms with Crippen molar-refractivity contribution in [2.24, 2.45) is 10.7 Å². The van der Waals surface area contributed by atoms with Gasteiger partial charge in [0.25, 0.3) is 0 Å². The van der Waals surface area contributed by atoms with E-state index in [1.165, 1.54) is 0 Å². The molecule has 5 rings (SSSR count). The molecule has 6 N–H and O–H groups in total. The van der Waals surface area contributed by atoms with Crippen LogP contribution in [0, 0.1) is 0 Å². The van der Waals surface area contributed by atoms with Crippen LogP contribution < -0.4 is 27.4 Å². The van der Waals surface area contributed by atoms with Gasteiger partial charge < -0.3 is 21.1 Å². The summed E-state index contributed by atoms with van der Waals surface area (Å²) in [5.74, 6) is 0.376. The Morgan fingerprint density at radius 2 is 2.10 bits per heavy atom. The van der Waals surface area contributed by atoms with Crippen LogP contribution in [0.25, 0.3) is 11.7 Å². The summed E-state index contributed by atoms with van der Waals surface area (Å²) >= 11 is 0. The maximum atomic E-state index is 11.4. The van der Waals surface area contributed by atoms with Crippen LogP contribution in [0.1, 0.15) is 24.1 Å². The van der Waals surface area contributed by atoms with Crippen molar-refractivity contribution in [2.45, 2.75) is 25.4 Å². The number of anilines is 2. The number of aromatic amines is 2. The predicted octanol–water partition coefficient (Wildman–Crippen LogP) is 0.264. The van der Waals surface area contributed by atoms with Gasteiger partial charge in [-0.1, -0.05) is 12.1 Å². The fourth-order valence-electron chi connectivity index (χ4n) is 3.13. The topological polar surface area (TPSA) is 149 Å². The lowest BCUT2D eigenvalue weighted by Gasteiger charge is -2.07. The standard InChI is InChI=1S/C20H20N8O2/c21-9-11-1-3-13(4-2-11)23-16-8-17(24-14-5-6-14)28-18(26-16)12(10-22-28)7-15-19(29)27-20(30)25-15/h1-4,7-8,10,14,23,29H,5-6,9,21H2,(H2,25,27,30)/b12-7-,24-17?. The molecule has 1 aliphatic carbocycles. The fraction of sp³-hybridized carbons (Fsp3) is 0.200. The summed E-state index contributed by atoms with van der Waals surface area (Å²) in [5, 5.41) is 18.2. The van der Waals surface area contributed by atoms with Crippen molar-refractivity contribution < 1.29 is 5.11 Å². The van der Waals surface area contributed by atoms with E-state index in [4.69, 9.17) is 10.7 Å². The number of hydrogen-bond acceptors (Lipinski definition) is 7. The van der Waals surface area contributed by atoms with Crippen molar-refractivity contribution in [2.75, 3.05) is 5.32 Å². The molecule has 0 radical (unpaired) electrons. The normalized spacial score (nSPS) is 15.2. The van der Waals surface area contributed by atoms with E-state index >= 15 is 0 Å². The second-order valence-corrected chi connectivity index (χ2v) is 7.21. The summed E-state index contributed by atoms with van der Waals surface area (Å²) in [5.41, 5.74) is 8.60. The third-order valence-corrected chi connectivity index (χ3v) is 4.84. The van der Waals surface area contributed by atoms with Gasteiger partial charge in [0.05, 0.1) is 12.2 Å². The average Bonchev–Trinajstić information content (AvgIpc) is 3.37. The Morgan fingerprint density at radius 1 is 1.30 bits per heavy atom. The van der Waals surface area contributed by atoms with Crippen LogP contribution >= 0.6 is 0 Å². The summed E-state index contributed by atoms with van der Waals surface area (Å²) in [6, 6.07) is 9.96. The number of aromatic hydroxyl groups is 1. The van der Waals surface area contributed by atoms with E-state index < -0.39 is 5.69 Å². The van der Waals surface area contributed by atoms with Crippen molar-refractivity contribution in [1.82, 2.24) is 24.6 Å². The smallest absolute Gasteiger partial charge is 0.326 e. The van der Waals surface area contributed by atoms with Gasteiger partial charge in [-0.3, -0.25) is 9.98 Å². The molecule has 0 amide bonds. The highest BCUT2D eigenvalue weighted by molar-refractivity contribution is 5.61. The first-order valence-electron chi connectivity index (χ1n) is 9.61. The third kappa shape index (κ3) is 3.55. The first-order chi connectivity index (χ1) is 14.6. The summed E-state index contributed by atoms with van der Waals surface area (Å²) in [6.07, 6.45) is 5.36. The van der Waals surface area contributed by atoms with Gasteiger partial charge in [0.1, 0.15) is 11.5 Å². The molecule has 30 heavy (non-hydrogen) atoms. The molecule has 1 aromatic carbocycles. The van der Waals surface area contributed by atoms with Gasteiger partial charge in [0, 0.05) is 23.5 Å². The van der Waals surface area contributed by atoms with Crippen molar-refractivity contribution in [3.05, 3.63) is 69.0 Å². The molecule has 10 heteroatoms. The Kier molecular flexibility index (Phi) is 4.32. The molecular weight excluding hydrogens is 384 g/mol. The van der Waals surface area contributed by atoms with E-state index in [0.717, 1.165) is 24.1 Å². The summed E-state index contributed by atoms with van der Waals surface area (Å²) in [4.78, 5) is 25.7. The van der Waals surface area contributed by atoms with Crippen molar-refractivity contribution in [1.29, 1.82) is 0 Å². The Morgan fingerprint density at radius 3 is 2.77 bits per heavy atom. The van der Waals surface area contributed by atoms with Crippen LogP contribution in [0.5, 0.6) is 5.88 Å². The maximum Gasteiger partial charge on any atom is 0.326 e. The number of H-pyrrole nitrogens is 2. The number of nitrogens with two attached hydrogens (primary N) is 1. The molecule has 0 bridgehead atoms. The van der Waals surface area contributed by atoms with Crippen molar-refractivity contribution in [3.63, 3.8) is 0 Å². The zero-order chi connectivity index (χ0) is 20.7. The van der Waals surface area contributed by atoms with Crippen LogP contribution in [-0.2, 0) is 6.54 Å². The number of benzene rings is 1. The summed E-state index contributed by atoms with van der Waals surface area (Å²) in [7, 11) is 0. The highest BCUT2D eigenvalue weighted by Crippen LogP contribution is 2.22. The molecule has 1 fully saturated rings.